The summed E-state index contributed by atoms with van der Waals surface area (Å²) in [5, 5.41) is 2.72. The Morgan fingerprint density at radius 2 is 1.82 bits per heavy atom. The number of carbonyl (C=O) groups is 2. The number of nitrogens with zero attached hydrogens (tertiary/aromatic N) is 1. The second-order valence-electron chi connectivity index (χ2n) is 7.81. The highest BCUT2D eigenvalue weighted by Crippen LogP contribution is 2.32. The van der Waals surface area contributed by atoms with Crippen molar-refractivity contribution in [3.8, 4) is 0 Å². The van der Waals surface area contributed by atoms with E-state index < -0.39 is 29.3 Å². The third-order valence-electron chi connectivity index (χ3n) is 4.36. The summed E-state index contributed by atoms with van der Waals surface area (Å²) in [4.78, 5) is 25.9. The Morgan fingerprint density at radius 3 is 2.36 bits per heavy atom. The number of alkyl carbamates (subject to hydrolysis) is 1. The van der Waals surface area contributed by atoms with Crippen LogP contribution in [0.1, 0.15) is 49.5 Å². The molecule has 2 rings (SSSR count). The lowest BCUT2D eigenvalue weighted by atomic mass is 9.96. The number of alkyl halides is 3. The monoisotopic (exact) mass is 464 g/mol. The molecule has 0 atom stereocenters. The summed E-state index contributed by atoms with van der Waals surface area (Å²) in [6.45, 7) is 6.61. The fourth-order valence-electron chi connectivity index (χ4n) is 2.92. The molecule has 28 heavy (non-hydrogen) atoms. The van der Waals surface area contributed by atoms with E-state index in [-0.39, 0.29) is 11.5 Å². The van der Waals surface area contributed by atoms with Gasteiger partial charge in [-0.05, 0) is 73.7 Å². The number of ether oxygens (including phenoxy) is 1. The van der Waals surface area contributed by atoms with Gasteiger partial charge in [-0.1, -0.05) is 0 Å². The van der Waals surface area contributed by atoms with Gasteiger partial charge in [0, 0.05) is 24.1 Å². The smallest absolute Gasteiger partial charge is 0.416 e. The van der Waals surface area contributed by atoms with Crippen LogP contribution in [0.4, 0.5) is 18.0 Å². The molecule has 0 aliphatic carbocycles. The van der Waals surface area contributed by atoms with E-state index in [2.05, 4.69) is 21.2 Å². The van der Waals surface area contributed by atoms with Gasteiger partial charge in [0.05, 0.1) is 11.1 Å². The number of carbonyl (C=O) groups excluding carboxylic acids is 2. The molecule has 1 saturated heterocycles. The molecule has 0 spiro atoms. The Balaban J connectivity index is 1.91. The molecule has 9 heteroatoms. The van der Waals surface area contributed by atoms with Crippen LogP contribution in [0, 0.1) is 5.92 Å². The highest BCUT2D eigenvalue weighted by atomic mass is 79.9. The van der Waals surface area contributed by atoms with E-state index in [1.807, 2.05) is 0 Å². The Bertz CT molecular complexity index is 724. The summed E-state index contributed by atoms with van der Waals surface area (Å²) < 4.78 is 44.3. The molecular weight excluding hydrogens is 441 g/mol. The van der Waals surface area contributed by atoms with Crippen molar-refractivity contribution in [1.82, 2.24) is 10.2 Å². The fourth-order valence-corrected chi connectivity index (χ4v) is 3.33. The minimum Gasteiger partial charge on any atom is -0.444 e. The van der Waals surface area contributed by atoms with E-state index in [4.69, 9.17) is 4.74 Å². The summed E-state index contributed by atoms with van der Waals surface area (Å²) in [6.07, 6.45) is -3.69. The van der Waals surface area contributed by atoms with Crippen LogP contribution in [0.5, 0.6) is 0 Å². The Kier molecular flexibility index (Phi) is 7.01. The van der Waals surface area contributed by atoms with E-state index in [9.17, 15) is 22.8 Å². The lowest BCUT2D eigenvalue weighted by molar-refractivity contribution is -0.137. The normalized spacial score (nSPS) is 16.0. The molecule has 0 aromatic heterocycles. The molecule has 5 nitrogen and oxygen atoms in total. The van der Waals surface area contributed by atoms with Gasteiger partial charge in [0.1, 0.15) is 5.60 Å². The first-order valence-corrected chi connectivity index (χ1v) is 9.79. The van der Waals surface area contributed by atoms with Crippen LogP contribution in [0.25, 0.3) is 0 Å². The third-order valence-corrected chi connectivity index (χ3v) is 5.05. The number of piperidine rings is 1. The molecule has 1 aliphatic heterocycles. The molecule has 2 amide bonds. The summed E-state index contributed by atoms with van der Waals surface area (Å²) >= 11 is 3.16. The maximum absolute atomic E-state index is 12.9. The van der Waals surface area contributed by atoms with Crippen LogP contribution in [0.3, 0.4) is 0 Å². The minimum atomic E-state index is -4.50. The number of benzene rings is 1. The van der Waals surface area contributed by atoms with Gasteiger partial charge in [0.2, 0.25) is 0 Å². The first kappa shape index (κ1) is 22.5. The SMILES string of the molecule is CC(C)(C)OC(=O)NCC1CCN(C(=O)c2cc(C(F)(F)F)ccc2Br)CC1. The molecule has 1 N–H and O–H groups in total. The molecule has 0 saturated carbocycles. The number of likely N-dealkylation sites (tertiary alicyclic amines) is 1. The Hall–Kier alpha value is -1.77. The summed E-state index contributed by atoms with van der Waals surface area (Å²) in [7, 11) is 0. The number of amides is 2. The molecule has 0 unspecified atom stereocenters. The van der Waals surface area contributed by atoms with Crippen LogP contribution in [0.2, 0.25) is 0 Å². The van der Waals surface area contributed by atoms with Gasteiger partial charge < -0.3 is 15.0 Å². The number of halogens is 4. The van der Waals surface area contributed by atoms with Gasteiger partial charge in [0.25, 0.3) is 5.91 Å². The fraction of sp³-hybridized carbons (Fsp3) is 0.579. The van der Waals surface area contributed by atoms with Gasteiger partial charge in [-0.25, -0.2) is 4.79 Å². The van der Waals surface area contributed by atoms with Gasteiger partial charge in [-0.3, -0.25) is 4.79 Å². The molecular formula is C19H24BrF3N2O3. The van der Waals surface area contributed by atoms with Gasteiger partial charge >= 0.3 is 12.3 Å². The molecule has 1 heterocycles. The average molecular weight is 465 g/mol. The number of rotatable bonds is 3. The lowest BCUT2D eigenvalue weighted by Crippen LogP contribution is -2.42. The zero-order valence-corrected chi connectivity index (χ0v) is 17.6. The van der Waals surface area contributed by atoms with Crippen molar-refractivity contribution >= 4 is 27.9 Å². The maximum atomic E-state index is 12.9. The van der Waals surface area contributed by atoms with Crippen molar-refractivity contribution in [3.05, 3.63) is 33.8 Å². The molecule has 0 radical (unpaired) electrons. The van der Waals surface area contributed by atoms with Gasteiger partial charge in [0.15, 0.2) is 0 Å². The first-order chi connectivity index (χ1) is 12.9. The largest absolute Gasteiger partial charge is 0.444 e. The predicted octanol–water partition coefficient (Wildman–Crippen LogP) is 4.84. The zero-order valence-electron chi connectivity index (χ0n) is 16.0. The van der Waals surface area contributed by atoms with Crippen molar-refractivity contribution in [3.63, 3.8) is 0 Å². The van der Waals surface area contributed by atoms with Gasteiger partial charge in [-0.2, -0.15) is 13.2 Å². The molecule has 0 bridgehead atoms. The van der Waals surface area contributed by atoms with Crippen molar-refractivity contribution in [1.29, 1.82) is 0 Å². The summed E-state index contributed by atoms with van der Waals surface area (Å²) in [5.41, 5.74) is -1.42. The molecule has 156 valence electrons. The Labute approximate surface area is 170 Å². The van der Waals surface area contributed by atoms with E-state index >= 15 is 0 Å². The van der Waals surface area contributed by atoms with E-state index in [0.717, 1.165) is 12.1 Å². The second kappa shape index (κ2) is 8.71. The lowest BCUT2D eigenvalue weighted by Gasteiger charge is -2.32. The van der Waals surface area contributed by atoms with Gasteiger partial charge in [-0.15, -0.1) is 0 Å². The van der Waals surface area contributed by atoms with Crippen LogP contribution in [-0.2, 0) is 10.9 Å². The summed E-state index contributed by atoms with van der Waals surface area (Å²) in [5.74, 6) is -0.252. The highest BCUT2D eigenvalue weighted by molar-refractivity contribution is 9.10. The summed E-state index contributed by atoms with van der Waals surface area (Å²) in [6, 6.07) is 3.06. The average Bonchev–Trinajstić information content (AvgIpc) is 2.58. The number of hydrogen-bond acceptors (Lipinski definition) is 3. The Morgan fingerprint density at radius 1 is 1.21 bits per heavy atom. The van der Waals surface area contributed by atoms with E-state index in [0.29, 0.717) is 36.9 Å². The minimum absolute atomic E-state index is 0.000143. The predicted molar refractivity (Wildman–Crippen MR) is 102 cm³/mol. The van der Waals surface area contributed by atoms with Crippen LogP contribution < -0.4 is 5.32 Å². The molecule has 1 aromatic rings. The van der Waals surface area contributed by atoms with Crippen LogP contribution >= 0.6 is 15.9 Å². The molecule has 1 aromatic carbocycles. The van der Waals surface area contributed by atoms with Crippen LogP contribution in [0.15, 0.2) is 22.7 Å². The van der Waals surface area contributed by atoms with E-state index in [1.165, 1.54) is 6.07 Å². The van der Waals surface area contributed by atoms with Crippen molar-refractivity contribution in [2.24, 2.45) is 5.92 Å². The molecule has 1 aliphatic rings. The number of nitrogens with one attached hydrogen (secondary N) is 1. The zero-order chi connectivity index (χ0) is 21.1. The maximum Gasteiger partial charge on any atom is 0.416 e. The topological polar surface area (TPSA) is 58.6 Å². The van der Waals surface area contributed by atoms with Crippen LogP contribution in [-0.4, -0.2) is 42.1 Å². The molecule has 1 fully saturated rings. The van der Waals surface area contributed by atoms with Crippen molar-refractivity contribution < 1.29 is 27.5 Å². The van der Waals surface area contributed by atoms with E-state index in [1.54, 1.807) is 25.7 Å². The quantitative estimate of drug-likeness (QED) is 0.695. The first-order valence-electron chi connectivity index (χ1n) is 8.99. The standard InChI is InChI=1S/C19H24BrF3N2O3/c1-18(2,3)28-17(27)24-11-12-6-8-25(9-7-12)16(26)14-10-13(19(21,22)23)4-5-15(14)20/h4-5,10,12H,6-9,11H2,1-3H3,(H,24,27). The van der Waals surface area contributed by atoms with Crippen molar-refractivity contribution in [2.75, 3.05) is 19.6 Å². The number of hydrogen-bond donors (Lipinski definition) is 1. The third kappa shape index (κ3) is 6.39. The second-order valence-corrected chi connectivity index (χ2v) is 8.67. The van der Waals surface area contributed by atoms with Crippen molar-refractivity contribution in [2.45, 2.75) is 45.4 Å². The highest BCUT2D eigenvalue weighted by Gasteiger charge is 2.33.